The molecule has 0 atom stereocenters. The van der Waals surface area contributed by atoms with Crippen LogP contribution in [0.5, 0.6) is 5.75 Å². The van der Waals surface area contributed by atoms with Crippen LogP contribution in [0.15, 0.2) is 81.4 Å². The Hall–Kier alpha value is -3.35. The van der Waals surface area contributed by atoms with E-state index in [-0.39, 0.29) is 6.61 Å². The van der Waals surface area contributed by atoms with Crippen molar-refractivity contribution in [3.63, 3.8) is 0 Å². The predicted octanol–water partition coefficient (Wildman–Crippen LogP) is 4.46. The SMILES string of the molecule is O=c1[nH]c2ccccc2c(=O)n1N=Cc1ccc(OCc2ccccc2Cl)c(Cl)c1. The van der Waals surface area contributed by atoms with Gasteiger partial charge in [0, 0.05) is 10.6 Å². The third-order valence-electron chi connectivity index (χ3n) is 4.40. The molecular formula is C22H15Cl2N3O3. The standard InChI is InChI=1S/C22H15Cl2N3O3/c23-17-7-3-1-5-15(17)13-30-20-10-9-14(11-18(20)24)12-25-27-21(28)16-6-2-4-8-19(16)26-22(27)29/h1-12H,13H2,(H,26,29). The van der Waals surface area contributed by atoms with Gasteiger partial charge in [0.2, 0.25) is 0 Å². The van der Waals surface area contributed by atoms with Gasteiger partial charge in [0.1, 0.15) is 12.4 Å². The summed E-state index contributed by atoms with van der Waals surface area (Å²) in [6.45, 7) is 0.273. The van der Waals surface area contributed by atoms with E-state index in [1.165, 1.54) is 6.21 Å². The minimum absolute atomic E-state index is 0.273. The smallest absolute Gasteiger partial charge is 0.349 e. The Balaban J connectivity index is 1.56. The summed E-state index contributed by atoms with van der Waals surface area (Å²) in [5.74, 6) is 0.481. The Morgan fingerprint density at radius 3 is 2.53 bits per heavy atom. The number of nitrogens with one attached hydrogen (secondary N) is 1. The van der Waals surface area contributed by atoms with Gasteiger partial charge in [-0.25, -0.2) is 4.79 Å². The minimum atomic E-state index is -0.624. The van der Waals surface area contributed by atoms with Crippen LogP contribution in [0, 0.1) is 0 Å². The molecule has 150 valence electrons. The molecule has 8 heteroatoms. The molecule has 1 aromatic heterocycles. The first kappa shape index (κ1) is 19.9. The summed E-state index contributed by atoms with van der Waals surface area (Å²) in [6, 6.07) is 19.2. The van der Waals surface area contributed by atoms with Gasteiger partial charge in [0.05, 0.1) is 22.1 Å². The van der Waals surface area contributed by atoms with E-state index >= 15 is 0 Å². The number of fused-ring (bicyclic) bond motifs is 1. The number of rotatable bonds is 5. The average Bonchev–Trinajstić information content (AvgIpc) is 2.74. The Morgan fingerprint density at radius 1 is 0.967 bits per heavy atom. The van der Waals surface area contributed by atoms with Crippen molar-refractivity contribution in [1.29, 1.82) is 0 Å². The molecule has 1 N–H and O–H groups in total. The molecule has 0 fully saturated rings. The highest BCUT2D eigenvalue weighted by Crippen LogP contribution is 2.27. The molecule has 30 heavy (non-hydrogen) atoms. The number of nitrogens with zero attached hydrogens (tertiary/aromatic N) is 2. The molecule has 0 unspecified atom stereocenters. The van der Waals surface area contributed by atoms with Gasteiger partial charge in [0.15, 0.2) is 0 Å². The third kappa shape index (κ3) is 4.15. The Bertz CT molecular complexity index is 1380. The molecule has 4 aromatic rings. The predicted molar refractivity (Wildman–Crippen MR) is 119 cm³/mol. The van der Waals surface area contributed by atoms with Crippen LogP contribution in [0.25, 0.3) is 10.9 Å². The Morgan fingerprint density at radius 2 is 1.73 bits per heavy atom. The molecular weight excluding hydrogens is 425 g/mol. The summed E-state index contributed by atoms with van der Waals surface area (Å²) in [5, 5.41) is 5.37. The summed E-state index contributed by atoms with van der Waals surface area (Å²) in [7, 11) is 0. The molecule has 0 saturated heterocycles. The fraction of sp³-hybridized carbons (Fsp3) is 0.0455. The zero-order valence-corrected chi connectivity index (χ0v) is 17.0. The van der Waals surface area contributed by atoms with E-state index in [0.29, 0.717) is 32.3 Å². The lowest BCUT2D eigenvalue weighted by atomic mass is 10.2. The molecule has 0 spiro atoms. The van der Waals surface area contributed by atoms with Crippen molar-refractivity contribution in [2.45, 2.75) is 6.61 Å². The highest BCUT2D eigenvalue weighted by atomic mass is 35.5. The number of hydrogen-bond acceptors (Lipinski definition) is 4. The number of ether oxygens (including phenoxy) is 1. The molecule has 0 aliphatic heterocycles. The van der Waals surface area contributed by atoms with Gasteiger partial charge in [-0.15, -0.1) is 4.68 Å². The largest absolute Gasteiger partial charge is 0.487 e. The lowest BCUT2D eigenvalue weighted by Crippen LogP contribution is -2.32. The molecule has 0 aliphatic carbocycles. The summed E-state index contributed by atoms with van der Waals surface area (Å²) in [6.07, 6.45) is 1.38. The van der Waals surface area contributed by atoms with E-state index in [1.54, 1.807) is 48.5 Å². The van der Waals surface area contributed by atoms with Crippen molar-refractivity contribution >= 4 is 40.3 Å². The number of para-hydroxylation sites is 1. The maximum absolute atomic E-state index is 12.5. The van der Waals surface area contributed by atoms with Crippen LogP contribution in [0.2, 0.25) is 10.0 Å². The zero-order valence-electron chi connectivity index (χ0n) is 15.5. The van der Waals surface area contributed by atoms with Crippen molar-refractivity contribution in [3.05, 3.63) is 109 Å². The second kappa shape index (κ2) is 8.57. The Labute approximate surface area is 181 Å². The first-order chi connectivity index (χ1) is 14.5. The summed E-state index contributed by atoms with van der Waals surface area (Å²) < 4.78 is 6.51. The summed E-state index contributed by atoms with van der Waals surface area (Å²) in [5.41, 5.74) is 0.777. The van der Waals surface area contributed by atoms with Crippen LogP contribution < -0.4 is 16.0 Å². The molecule has 4 rings (SSSR count). The first-order valence-electron chi connectivity index (χ1n) is 8.97. The maximum Gasteiger partial charge on any atom is 0.349 e. The maximum atomic E-state index is 12.5. The third-order valence-corrected chi connectivity index (χ3v) is 5.07. The van der Waals surface area contributed by atoms with E-state index in [4.69, 9.17) is 27.9 Å². The lowest BCUT2D eigenvalue weighted by Gasteiger charge is -2.09. The monoisotopic (exact) mass is 439 g/mol. The highest BCUT2D eigenvalue weighted by molar-refractivity contribution is 6.32. The molecule has 6 nitrogen and oxygen atoms in total. The van der Waals surface area contributed by atoms with E-state index in [9.17, 15) is 9.59 Å². The number of H-pyrrole nitrogens is 1. The topological polar surface area (TPSA) is 76.5 Å². The molecule has 3 aromatic carbocycles. The first-order valence-corrected chi connectivity index (χ1v) is 9.73. The van der Waals surface area contributed by atoms with Crippen molar-refractivity contribution < 1.29 is 4.74 Å². The van der Waals surface area contributed by atoms with Gasteiger partial charge >= 0.3 is 5.69 Å². The van der Waals surface area contributed by atoms with Crippen molar-refractivity contribution in [1.82, 2.24) is 9.66 Å². The van der Waals surface area contributed by atoms with Gasteiger partial charge in [-0.2, -0.15) is 5.10 Å². The van der Waals surface area contributed by atoms with Crippen LogP contribution in [0.1, 0.15) is 11.1 Å². The van der Waals surface area contributed by atoms with E-state index < -0.39 is 11.2 Å². The lowest BCUT2D eigenvalue weighted by molar-refractivity contribution is 0.306. The number of halogens is 2. The highest BCUT2D eigenvalue weighted by Gasteiger charge is 2.07. The summed E-state index contributed by atoms with van der Waals surface area (Å²) >= 11 is 12.4. The molecule has 0 amide bonds. The summed E-state index contributed by atoms with van der Waals surface area (Å²) in [4.78, 5) is 27.3. The fourth-order valence-electron chi connectivity index (χ4n) is 2.87. The van der Waals surface area contributed by atoms with Crippen molar-refractivity contribution in [3.8, 4) is 5.75 Å². The molecule has 0 radical (unpaired) electrons. The second-order valence-electron chi connectivity index (χ2n) is 6.41. The van der Waals surface area contributed by atoms with Gasteiger partial charge in [-0.05, 0) is 42.0 Å². The number of aromatic nitrogens is 2. The fourth-order valence-corrected chi connectivity index (χ4v) is 3.30. The van der Waals surface area contributed by atoms with Crippen molar-refractivity contribution in [2.75, 3.05) is 0 Å². The molecule has 0 bridgehead atoms. The normalized spacial score (nSPS) is 11.3. The van der Waals surface area contributed by atoms with Crippen LogP contribution in [-0.2, 0) is 6.61 Å². The molecule has 0 saturated carbocycles. The number of hydrogen-bond donors (Lipinski definition) is 1. The zero-order chi connectivity index (χ0) is 21.1. The van der Waals surface area contributed by atoms with Gasteiger partial charge in [-0.3, -0.25) is 4.79 Å². The van der Waals surface area contributed by atoms with Gasteiger partial charge in [0.25, 0.3) is 5.56 Å². The molecule has 1 heterocycles. The van der Waals surface area contributed by atoms with Crippen molar-refractivity contribution in [2.24, 2.45) is 5.10 Å². The number of benzene rings is 3. The van der Waals surface area contributed by atoms with Gasteiger partial charge in [-0.1, -0.05) is 53.5 Å². The quantitative estimate of drug-likeness (QED) is 0.466. The minimum Gasteiger partial charge on any atom is -0.487 e. The van der Waals surface area contributed by atoms with Gasteiger partial charge < -0.3 is 9.72 Å². The van der Waals surface area contributed by atoms with Crippen LogP contribution >= 0.6 is 23.2 Å². The Kier molecular flexibility index (Phi) is 5.70. The van der Waals surface area contributed by atoms with Crippen LogP contribution in [0.4, 0.5) is 0 Å². The van der Waals surface area contributed by atoms with E-state index in [2.05, 4.69) is 10.1 Å². The second-order valence-corrected chi connectivity index (χ2v) is 7.22. The average molecular weight is 440 g/mol. The van der Waals surface area contributed by atoms with E-state index in [0.717, 1.165) is 10.2 Å². The molecule has 0 aliphatic rings. The van der Waals surface area contributed by atoms with Crippen LogP contribution in [0.3, 0.4) is 0 Å². The van der Waals surface area contributed by atoms with E-state index in [1.807, 2.05) is 18.2 Å². The van der Waals surface area contributed by atoms with Crippen LogP contribution in [-0.4, -0.2) is 15.9 Å². The number of aromatic amines is 1.